The van der Waals surface area contributed by atoms with Crippen molar-refractivity contribution in [1.29, 1.82) is 0 Å². The lowest BCUT2D eigenvalue weighted by Crippen LogP contribution is -2.34. The molecule has 1 N–H and O–H groups in total. The van der Waals surface area contributed by atoms with E-state index < -0.39 is 0 Å². The zero-order valence-electron chi connectivity index (χ0n) is 10.9. The lowest BCUT2D eigenvalue weighted by Gasteiger charge is -2.38. The summed E-state index contributed by atoms with van der Waals surface area (Å²) in [6.45, 7) is 0. The summed E-state index contributed by atoms with van der Waals surface area (Å²) in [4.78, 5) is 0. The molecule has 3 aliphatic rings. The Morgan fingerprint density at radius 3 is 2.89 bits per heavy atom. The van der Waals surface area contributed by atoms with Crippen LogP contribution in [0.3, 0.4) is 0 Å². The minimum absolute atomic E-state index is 0.405. The van der Waals surface area contributed by atoms with Crippen molar-refractivity contribution in [2.45, 2.75) is 57.5 Å². The number of rotatable bonds is 2. The second-order valence-electron chi connectivity index (χ2n) is 5.74. The van der Waals surface area contributed by atoms with Gasteiger partial charge in [0.05, 0.1) is 6.21 Å². The molecule has 18 heavy (non-hydrogen) atoms. The first-order valence-corrected chi connectivity index (χ1v) is 7.21. The van der Waals surface area contributed by atoms with Crippen LogP contribution in [0.4, 0.5) is 0 Å². The topological polar surface area (TPSA) is 33.6 Å². The molecule has 0 aromatic carbocycles. The van der Waals surface area contributed by atoms with Crippen molar-refractivity contribution < 1.29 is 4.74 Å². The SMILES string of the molecule is C1=CNN=CC(OC2CCCC23CCCCC3)=C1. The van der Waals surface area contributed by atoms with Gasteiger partial charge >= 0.3 is 0 Å². The predicted molar refractivity (Wildman–Crippen MR) is 73.1 cm³/mol. The normalized spacial score (nSPS) is 29.8. The van der Waals surface area contributed by atoms with E-state index in [2.05, 4.69) is 10.5 Å². The monoisotopic (exact) mass is 246 g/mol. The molecule has 2 fully saturated rings. The number of nitrogens with zero attached hydrogens (tertiary/aromatic N) is 1. The Morgan fingerprint density at radius 1 is 1.17 bits per heavy atom. The van der Waals surface area contributed by atoms with E-state index in [4.69, 9.17) is 4.74 Å². The van der Waals surface area contributed by atoms with E-state index in [0.29, 0.717) is 11.5 Å². The first-order valence-electron chi connectivity index (χ1n) is 7.21. The molecular weight excluding hydrogens is 224 g/mol. The van der Waals surface area contributed by atoms with Crippen LogP contribution >= 0.6 is 0 Å². The number of hydrogen-bond acceptors (Lipinski definition) is 3. The van der Waals surface area contributed by atoms with Gasteiger partial charge in [-0.25, -0.2) is 0 Å². The third-order valence-electron chi connectivity index (χ3n) is 4.65. The molecule has 3 rings (SSSR count). The Labute approximate surface area is 109 Å². The third-order valence-corrected chi connectivity index (χ3v) is 4.65. The van der Waals surface area contributed by atoms with Crippen LogP contribution in [0.15, 0.2) is 29.2 Å². The zero-order chi connectivity index (χ0) is 12.3. The fourth-order valence-electron chi connectivity index (χ4n) is 3.73. The Bertz CT molecular complexity index is 378. The molecule has 2 aliphatic carbocycles. The van der Waals surface area contributed by atoms with E-state index in [0.717, 1.165) is 5.76 Å². The maximum atomic E-state index is 6.25. The standard InChI is InChI=1S/C15H22N2O/c1-2-8-15(9-3-1)10-4-7-14(15)18-13-6-5-11-16-17-12-13/h5-6,11-12,14,16H,1-4,7-10H2. The van der Waals surface area contributed by atoms with E-state index in [1.165, 1.54) is 51.4 Å². The first-order chi connectivity index (χ1) is 8.89. The quantitative estimate of drug-likeness (QED) is 0.809. The van der Waals surface area contributed by atoms with Crippen LogP contribution in [0, 0.1) is 5.41 Å². The number of ether oxygens (including phenoxy) is 1. The molecule has 0 saturated heterocycles. The maximum Gasteiger partial charge on any atom is 0.139 e. The van der Waals surface area contributed by atoms with E-state index in [9.17, 15) is 0 Å². The summed E-state index contributed by atoms with van der Waals surface area (Å²) in [6, 6.07) is 0. The van der Waals surface area contributed by atoms with Crippen molar-refractivity contribution in [3.05, 3.63) is 24.1 Å². The molecule has 0 aromatic heterocycles. The fourth-order valence-corrected chi connectivity index (χ4v) is 3.73. The first kappa shape index (κ1) is 11.8. The maximum absolute atomic E-state index is 6.25. The predicted octanol–water partition coefficient (Wildman–Crippen LogP) is 3.49. The van der Waals surface area contributed by atoms with Gasteiger partial charge in [0.2, 0.25) is 0 Å². The van der Waals surface area contributed by atoms with Crippen LogP contribution in [0.5, 0.6) is 0 Å². The summed E-state index contributed by atoms with van der Waals surface area (Å²) in [5.41, 5.74) is 3.30. The van der Waals surface area contributed by atoms with Gasteiger partial charge in [-0.15, -0.1) is 0 Å². The van der Waals surface area contributed by atoms with Crippen LogP contribution < -0.4 is 5.43 Å². The molecule has 0 amide bonds. The highest BCUT2D eigenvalue weighted by Crippen LogP contribution is 2.50. The molecule has 0 radical (unpaired) electrons. The number of hydrogen-bond donors (Lipinski definition) is 1. The molecule has 0 aromatic rings. The second-order valence-corrected chi connectivity index (χ2v) is 5.74. The van der Waals surface area contributed by atoms with Gasteiger partial charge < -0.3 is 4.74 Å². The Hall–Kier alpha value is -1.25. The van der Waals surface area contributed by atoms with Crippen molar-refractivity contribution in [1.82, 2.24) is 5.43 Å². The van der Waals surface area contributed by atoms with Crippen LogP contribution in [0.2, 0.25) is 0 Å². The smallest absolute Gasteiger partial charge is 0.139 e. The van der Waals surface area contributed by atoms with Crippen molar-refractivity contribution in [3.63, 3.8) is 0 Å². The Kier molecular flexibility index (Phi) is 3.39. The number of allylic oxidation sites excluding steroid dienone is 3. The van der Waals surface area contributed by atoms with Gasteiger partial charge in [-0.3, -0.25) is 5.43 Å². The van der Waals surface area contributed by atoms with Crippen molar-refractivity contribution in [2.24, 2.45) is 10.5 Å². The highest BCUT2D eigenvalue weighted by molar-refractivity contribution is 5.76. The van der Waals surface area contributed by atoms with E-state index in [1.807, 2.05) is 18.4 Å². The molecule has 1 aliphatic heterocycles. The Balaban J connectivity index is 1.71. The van der Waals surface area contributed by atoms with E-state index in [-0.39, 0.29) is 0 Å². The molecule has 1 heterocycles. The van der Waals surface area contributed by atoms with Gasteiger partial charge in [-0.2, -0.15) is 5.10 Å². The summed E-state index contributed by atoms with van der Waals surface area (Å²) in [5, 5.41) is 4.07. The molecule has 0 bridgehead atoms. The second kappa shape index (κ2) is 5.17. The third kappa shape index (κ3) is 2.31. The minimum atomic E-state index is 0.405. The molecule has 98 valence electrons. The average molecular weight is 246 g/mol. The summed E-state index contributed by atoms with van der Waals surface area (Å²) in [7, 11) is 0. The molecule has 1 unspecified atom stereocenters. The summed E-state index contributed by atoms with van der Waals surface area (Å²) >= 11 is 0. The largest absolute Gasteiger partial charge is 0.488 e. The number of hydrazone groups is 1. The van der Waals surface area contributed by atoms with E-state index in [1.54, 1.807) is 6.21 Å². The summed E-state index contributed by atoms with van der Waals surface area (Å²) in [5.74, 6) is 0.896. The molecule has 2 saturated carbocycles. The van der Waals surface area contributed by atoms with Crippen molar-refractivity contribution >= 4 is 6.21 Å². The van der Waals surface area contributed by atoms with Gasteiger partial charge in [-0.1, -0.05) is 19.3 Å². The fraction of sp³-hybridized carbons (Fsp3) is 0.667. The zero-order valence-corrected chi connectivity index (χ0v) is 10.9. The van der Waals surface area contributed by atoms with Crippen LogP contribution in [0.25, 0.3) is 0 Å². The molecule has 3 nitrogen and oxygen atoms in total. The minimum Gasteiger partial charge on any atom is -0.488 e. The molecular formula is C15H22N2O. The molecule has 1 spiro atoms. The lowest BCUT2D eigenvalue weighted by molar-refractivity contribution is 0.00463. The van der Waals surface area contributed by atoms with Gasteiger partial charge in [0, 0.05) is 11.6 Å². The molecule has 3 heteroatoms. The lowest BCUT2D eigenvalue weighted by atomic mass is 9.71. The van der Waals surface area contributed by atoms with Crippen LogP contribution in [-0.4, -0.2) is 12.3 Å². The van der Waals surface area contributed by atoms with Crippen molar-refractivity contribution in [3.8, 4) is 0 Å². The van der Waals surface area contributed by atoms with Gasteiger partial charge in [0.1, 0.15) is 11.9 Å². The van der Waals surface area contributed by atoms with Crippen LogP contribution in [0.1, 0.15) is 51.4 Å². The van der Waals surface area contributed by atoms with Gasteiger partial charge in [0.15, 0.2) is 0 Å². The highest BCUT2D eigenvalue weighted by atomic mass is 16.5. The highest BCUT2D eigenvalue weighted by Gasteiger charge is 2.44. The Morgan fingerprint density at radius 2 is 2.00 bits per heavy atom. The number of nitrogens with one attached hydrogen (secondary N) is 1. The molecule has 1 atom stereocenters. The van der Waals surface area contributed by atoms with Gasteiger partial charge in [0.25, 0.3) is 0 Å². The van der Waals surface area contributed by atoms with Crippen molar-refractivity contribution in [2.75, 3.05) is 0 Å². The average Bonchev–Trinajstić information content (AvgIpc) is 2.63. The summed E-state index contributed by atoms with van der Waals surface area (Å²) in [6.07, 6.45) is 18.7. The van der Waals surface area contributed by atoms with Gasteiger partial charge in [-0.05, 0) is 44.3 Å². The van der Waals surface area contributed by atoms with E-state index >= 15 is 0 Å². The summed E-state index contributed by atoms with van der Waals surface area (Å²) < 4.78 is 6.25. The van der Waals surface area contributed by atoms with Crippen LogP contribution in [-0.2, 0) is 4.74 Å².